The zero-order valence-corrected chi connectivity index (χ0v) is 10.6. The quantitative estimate of drug-likeness (QED) is 0.684. The van der Waals surface area contributed by atoms with Crippen LogP contribution < -0.4 is 9.47 Å². The van der Waals surface area contributed by atoms with Crippen LogP contribution in [0.15, 0.2) is 30.3 Å². The number of ether oxygens (including phenoxy) is 2. The molecule has 20 heavy (non-hydrogen) atoms. The molecule has 0 fully saturated rings. The van der Waals surface area contributed by atoms with Gasteiger partial charge in [0.2, 0.25) is 0 Å². The number of fused-ring (bicyclic) bond motifs is 3. The summed E-state index contributed by atoms with van der Waals surface area (Å²) in [6.07, 6.45) is 0.972. The van der Waals surface area contributed by atoms with Crippen LogP contribution in [0, 0.1) is 0 Å². The molecule has 0 saturated heterocycles. The van der Waals surface area contributed by atoms with Gasteiger partial charge in [-0.1, -0.05) is 12.1 Å². The number of hydrogen-bond donors (Lipinski definition) is 1. The molecule has 2 aromatic carbocycles. The Balaban J connectivity index is 2.03. The van der Waals surface area contributed by atoms with Gasteiger partial charge in [0.15, 0.2) is 6.61 Å². The van der Waals surface area contributed by atoms with Crippen LogP contribution >= 0.6 is 0 Å². The second kappa shape index (κ2) is 4.85. The summed E-state index contributed by atoms with van der Waals surface area (Å²) in [6, 6.07) is 9.03. The fourth-order valence-electron chi connectivity index (χ4n) is 2.33. The Morgan fingerprint density at radius 2 is 2.05 bits per heavy atom. The molecule has 2 aromatic rings. The molecule has 5 nitrogen and oxygen atoms in total. The van der Waals surface area contributed by atoms with Crippen molar-refractivity contribution in [1.82, 2.24) is 0 Å². The second-order valence-corrected chi connectivity index (χ2v) is 4.58. The Morgan fingerprint density at radius 1 is 1.25 bits per heavy atom. The van der Waals surface area contributed by atoms with Gasteiger partial charge in [-0.05, 0) is 35.4 Å². The Labute approximate surface area is 114 Å². The maximum absolute atomic E-state index is 11.3. The highest BCUT2D eigenvalue weighted by atomic mass is 16.5. The fourth-order valence-corrected chi connectivity index (χ4v) is 2.33. The minimum atomic E-state index is -1.02. The number of aliphatic carboxylic acids is 1. The second-order valence-electron chi connectivity index (χ2n) is 4.58. The van der Waals surface area contributed by atoms with Gasteiger partial charge in [-0.2, -0.15) is 0 Å². The largest absolute Gasteiger partial charge is 0.482 e. The molecule has 0 atom stereocenters. The average molecular weight is 272 g/mol. The maximum Gasteiger partial charge on any atom is 0.341 e. The molecule has 0 saturated carbocycles. The summed E-state index contributed by atoms with van der Waals surface area (Å²) in [7, 11) is 0. The van der Waals surface area contributed by atoms with Crippen LogP contribution in [-0.4, -0.2) is 23.7 Å². The Hall–Kier alpha value is -2.56. The van der Waals surface area contributed by atoms with Crippen molar-refractivity contribution in [3.05, 3.63) is 35.9 Å². The molecular weight excluding hydrogens is 260 g/mol. The van der Waals surface area contributed by atoms with Crippen molar-refractivity contribution in [1.29, 1.82) is 0 Å². The van der Waals surface area contributed by atoms with Crippen LogP contribution in [0.3, 0.4) is 0 Å². The minimum Gasteiger partial charge on any atom is -0.482 e. The van der Waals surface area contributed by atoms with E-state index in [2.05, 4.69) is 0 Å². The number of esters is 1. The van der Waals surface area contributed by atoms with E-state index in [0.29, 0.717) is 24.3 Å². The summed E-state index contributed by atoms with van der Waals surface area (Å²) in [5.41, 5.74) is 0.961. The van der Waals surface area contributed by atoms with E-state index in [1.54, 1.807) is 18.2 Å². The highest BCUT2D eigenvalue weighted by molar-refractivity contribution is 5.91. The van der Waals surface area contributed by atoms with E-state index in [1.807, 2.05) is 12.1 Å². The van der Waals surface area contributed by atoms with Crippen LogP contribution in [0.2, 0.25) is 0 Å². The van der Waals surface area contributed by atoms with Crippen LogP contribution in [-0.2, 0) is 16.0 Å². The first kappa shape index (κ1) is 12.5. The predicted molar refractivity (Wildman–Crippen MR) is 71.0 cm³/mol. The van der Waals surface area contributed by atoms with E-state index >= 15 is 0 Å². The summed E-state index contributed by atoms with van der Waals surface area (Å²) >= 11 is 0. The van der Waals surface area contributed by atoms with Gasteiger partial charge in [-0.15, -0.1) is 0 Å². The molecule has 1 aliphatic heterocycles. The predicted octanol–water partition coefficient (Wildman–Crippen LogP) is 2.15. The first-order valence-corrected chi connectivity index (χ1v) is 6.24. The standard InChI is InChI=1S/C15H12O5/c16-14(17)8-19-10-3-1-9-2-5-13-11(12(9)7-10)4-6-15(18)20-13/h1-3,5,7H,4,6,8H2,(H,16,17). The number of carbonyl (C=O) groups is 2. The van der Waals surface area contributed by atoms with Crippen LogP contribution in [0.1, 0.15) is 12.0 Å². The molecule has 0 bridgehead atoms. The summed E-state index contributed by atoms with van der Waals surface area (Å²) in [5, 5.41) is 10.6. The molecule has 0 spiro atoms. The summed E-state index contributed by atoms with van der Waals surface area (Å²) in [6.45, 7) is -0.379. The normalized spacial score (nSPS) is 13.7. The molecule has 0 amide bonds. The molecule has 5 heteroatoms. The summed E-state index contributed by atoms with van der Waals surface area (Å²) < 4.78 is 10.4. The van der Waals surface area contributed by atoms with Crippen molar-refractivity contribution in [2.24, 2.45) is 0 Å². The molecular formula is C15H12O5. The van der Waals surface area contributed by atoms with Crippen molar-refractivity contribution in [2.45, 2.75) is 12.8 Å². The van der Waals surface area contributed by atoms with E-state index in [0.717, 1.165) is 16.3 Å². The Morgan fingerprint density at radius 3 is 2.85 bits per heavy atom. The van der Waals surface area contributed by atoms with Crippen LogP contribution in [0.4, 0.5) is 0 Å². The number of hydrogen-bond acceptors (Lipinski definition) is 4. The van der Waals surface area contributed by atoms with Gasteiger partial charge in [0.1, 0.15) is 11.5 Å². The number of carboxylic acid groups (broad SMARTS) is 1. The number of aryl methyl sites for hydroxylation is 1. The molecule has 102 valence electrons. The molecule has 0 aromatic heterocycles. The van der Waals surface area contributed by atoms with Crippen LogP contribution in [0.25, 0.3) is 10.8 Å². The zero-order valence-electron chi connectivity index (χ0n) is 10.6. The van der Waals surface area contributed by atoms with Crippen molar-refractivity contribution < 1.29 is 24.2 Å². The fraction of sp³-hybridized carbons (Fsp3) is 0.200. The number of carbonyl (C=O) groups excluding carboxylic acids is 1. The number of carboxylic acids is 1. The van der Waals surface area contributed by atoms with Gasteiger partial charge in [0.25, 0.3) is 0 Å². The first-order chi connectivity index (χ1) is 9.63. The lowest BCUT2D eigenvalue weighted by Crippen LogP contribution is -2.16. The van der Waals surface area contributed by atoms with Gasteiger partial charge in [-0.3, -0.25) is 4.79 Å². The minimum absolute atomic E-state index is 0.227. The lowest BCUT2D eigenvalue weighted by molar-refractivity contribution is -0.139. The lowest BCUT2D eigenvalue weighted by atomic mass is 9.98. The monoisotopic (exact) mass is 272 g/mol. The highest BCUT2D eigenvalue weighted by Gasteiger charge is 2.19. The summed E-state index contributed by atoms with van der Waals surface area (Å²) in [5.74, 6) is -0.182. The van der Waals surface area contributed by atoms with Crippen molar-refractivity contribution in [3.8, 4) is 11.5 Å². The highest BCUT2D eigenvalue weighted by Crippen LogP contribution is 2.34. The smallest absolute Gasteiger partial charge is 0.341 e. The van der Waals surface area contributed by atoms with E-state index in [-0.39, 0.29) is 12.6 Å². The van der Waals surface area contributed by atoms with Crippen LogP contribution in [0.5, 0.6) is 11.5 Å². The lowest BCUT2D eigenvalue weighted by Gasteiger charge is -2.17. The third-order valence-corrected chi connectivity index (χ3v) is 3.23. The SMILES string of the molecule is O=C(O)COc1ccc2ccc3c(c2c1)CCC(=O)O3. The van der Waals surface area contributed by atoms with Crippen molar-refractivity contribution in [2.75, 3.05) is 6.61 Å². The molecule has 0 radical (unpaired) electrons. The molecule has 0 unspecified atom stereocenters. The molecule has 1 aliphatic rings. The zero-order chi connectivity index (χ0) is 14.1. The Kier molecular flexibility index (Phi) is 3.02. The maximum atomic E-state index is 11.3. The van der Waals surface area contributed by atoms with Crippen molar-refractivity contribution in [3.63, 3.8) is 0 Å². The molecule has 1 N–H and O–H groups in total. The van der Waals surface area contributed by atoms with E-state index in [4.69, 9.17) is 14.6 Å². The summed E-state index contributed by atoms with van der Waals surface area (Å²) in [4.78, 5) is 21.8. The first-order valence-electron chi connectivity index (χ1n) is 6.24. The molecule has 0 aliphatic carbocycles. The third-order valence-electron chi connectivity index (χ3n) is 3.23. The molecule has 3 rings (SSSR count). The molecule has 1 heterocycles. The van der Waals surface area contributed by atoms with E-state index in [1.165, 1.54) is 0 Å². The average Bonchev–Trinajstić information content (AvgIpc) is 2.44. The van der Waals surface area contributed by atoms with Gasteiger partial charge >= 0.3 is 11.9 Å². The topological polar surface area (TPSA) is 72.8 Å². The van der Waals surface area contributed by atoms with Gasteiger partial charge in [0, 0.05) is 5.56 Å². The third kappa shape index (κ3) is 2.30. The van der Waals surface area contributed by atoms with Gasteiger partial charge in [-0.25, -0.2) is 4.79 Å². The van der Waals surface area contributed by atoms with E-state index < -0.39 is 5.97 Å². The van der Waals surface area contributed by atoms with Gasteiger partial charge in [0.05, 0.1) is 6.42 Å². The van der Waals surface area contributed by atoms with Crippen molar-refractivity contribution >= 4 is 22.7 Å². The Bertz CT molecular complexity index is 705. The number of benzene rings is 2. The number of rotatable bonds is 3. The van der Waals surface area contributed by atoms with Gasteiger partial charge < -0.3 is 14.6 Å². The van der Waals surface area contributed by atoms with E-state index in [9.17, 15) is 9.59 Å².